The third-order valence-corrected chi connectivity index (χ3v) is 4.07. The number of nitrogens with zero attached hydrogens (tertiary/aromatic N) is 2. The van der Waals surface area contributed by atoms with Crippen LogP contribution in [0.5, 0.6) is 5.75 Å². The fraction of sp³-hybridized carbons (Fsp3) is 0.176. The number of anilines is 1. The lowest BCUT2D eigenvalue weighted by Gasteiger charge is -2.22. The maximum atomic E-state index is 5.85. The summed E-state index contributed by atoms with van der Waals surface area (Å²) in [5.41, 5.74) is 15.4. The van der Waals surface area contributed by atoms with E-state index in [4.69, 9.17) is 28.4 Å². The van der Waals surface area contributed by atoms with Crippen LogP contribution in [-0.2, 0) is 0 Å². The maximum absolute atomic E-state index is 5.85. The first kappa shape index (κ1) is 15.3. The van der Waals surface area contributed by atoms with Gasteiger partial charge in [0.15, 0.2) is 5.11 Å². The summed E-state index contributed by atoms with van der Waals surface area (Å²) >= 11 is 5.16. The molecule has 5 nitrogen and oxygen atoms in total. The second-order valence-electron chi connectivity index (χ2n) is 5.34. The normalized spacial score (nSPS) is 17.0. The van der Waals surface area contributed by atoms with Crippen molar-refractivity contribution in [3.05, 3.63) is 59.7 Å². The zero-order valence-corrected chi connectivity index (χ0v) is 13.6. The lowest BCUT2D eigenvalue weighted by atomic mass is 9.98. The van der Waals surface area contributed by atoms with Crippen LogP contribution < -0.4 is 16.2 Å². The van der Waals surface area contributed by atoms with Crippen molar-refractivity contribution >= 4 is 28.7 Å². The van der Waals surface area contributed by atoms with Gasteiger partial charge in [-0.3, -0.25) is 0 Å². The highest BCUT2D eigenvalue weighted by molar-refractivity contribution is 7.80. The Balaban J connectivity index is 1.90. The van der Waals surface area contributed by atoms with E-state index in [9.17, 15) is 0 Å². The molecule has 0 spiro atoms. The van der Waals surface area contributed by atoms with Gasteiger partial charge in [0.1, 0.15) is 5.75 Å². The van der Waals surface area contributed by atoms with Gasteiger partial charge in [-0.05, 0) is 47.6 Å². The van der Waals surface area contributed by atoms with Crippen LogP contribution in [0, 0.1) is 0 Å². The smallest absolute Gasteiger partial charge is 0.187 e. The summed E-state index contributed by atoms with van der Waals surface area (Å²) in [6.45, 7) is 0. The van der Waals surface area contributed by atoms with E-state index in [-0.39, 0.29) is 11.2 Å². The summed E-state index contributed by atoms with van der Waals surface area (Å²) in [5.74, 6) is 0.813. The number of rotatable bonds is 3. The van der Waals surface area contributed by atoms with E-state index in [1.54, 1.807) is 12.1 Å². The molecule has 0 aliphatic carbocycles. The summed E-state index contributed by atoms with van der Waals surface area (Å²) in [5, 5.41) is 6.56. The Morgan fingerprint density at radius 2 is 1.83 bits per heavy atom. The number of thiocarbonyl (C=S) groups is 1. The Morgan fingerprint density at radius 3 is 2.39 bits per heavy atom. The van der Waals surface area contributed by atoms with Crippen LogP contribution in [0.1, 0.15) is 23.6 Å². The van der Waals surface area contributed by atoms with Crippen molar-refractivity contribution in [2.24, 2.45) is 10.8 Å². The fourth-order valence-corrected chi connectivity index (χ4v) is 2.82. The number of hydrogen-bond donors (Lipinski definition) is 2. The monoisotopic (exact) mass is 326 g/mol. The third-order valence-electron chi connectivity index (χ3n) is 3.88. The highest BCUT2D eigenvalue weighted by Crippen LogP contribution is 2.33. The predicted octanol–water partition coefficient (Wildman–Crippen LogP) is 2.67. The number of hydrazone groups is 1. The molecular weight excluding hydrogens is 308 g/mol. The van der Waals surface area contributed by atoms with Crippen molar-refractivity contribution in [2.75, 3.05) is 12.8 Å². The van der Waals surface area contributed by atoms with Gasteiger partial charge in [0.05, 0.1) is 18.9 Å². The largest absolute Gasteiger partial charge is 0.497 e. The maximum Gasteiger partial charge on any atom is 0.187 e. The number of hydrogen-bond acceptors (Lipinski definition) is 4. The van der Waals surface area contributed by atoms with Crippen molar-refractivity contribution in [2.45, 2.75) is 12.5 Å². The molecule has 1 aliphatic heterocycles. The van der Waals surface area contributed by atoms with Crippen molar-refractivity contribution < 1.29 is 4.74 Å². The van der Waals surface area contributed by atoms with Gasteiger partial charge in [0, 0.05) is 12.1 Å². The molecule has 0 amide bonds. The molecule has 1 atom stereocenters. The number of methoxy groups -OCH3 is 1. The third kappa shape index (κ3) is 3.12. The lowest BCUT2D eigenvalue weighted by Crippen LogP contribution is -2.31. The van der Waals surface area contributed by atoms with E-state index in [2.05, 4.69) is 5.10 Å². The summed E-state index contributed by atoms with van der Waals surface area (Å²) in [7, 11) is 1.65. The number of benzene rings is 2. The zero-order chi connectivity index (χ0) is 16.4. The van der Waals surface area contributed by atoms with E-state index < -0.39 is 0 Å². The molecule has 118 valence electrons. The van der Waals surface area contributed by atoms with Gasteiger partial charge in [0.25, 0.3) is 0 Å². The van der Waals surface area contributed by atoms with Gasteiger partial charge in [-0.25, -0.2) is 5.01 Å². The van der Waals surface area contributed by atoms with E-state index in [0.29, 0.717) is 0 Å². The van der Waals surface area contributed by atoms with Crippen molar-refractivity contribution in [1.29, 1.82) is 0 Å². The van der Waals surface area contributed by atoms with Crippen molar-refractivity contribution in [1.82, 2.24) is 5.01 Å². The second-order valence-corrected chi connectivity index (χ2v) is 5.76. The van der Waals surface area contributed by atoms with Crippen LogP contribution in [-0.4, -0.2) is 22.9 Å². The summed E-state index contributed by atoms with van der Waals surface area (Å²) in [6, 6.07) is 15.5. The Morgan fingerprint density at radius 1 is 1.17 bits per heavy atom. The van der Waals surface area contributed by atoms with Gasteiger partial charge < -0.3 is 16.2 Å². The average Bonchev–Trinajstić information content (AvgIpc) is 3.01. The number of nitrogens with two attached hydrogens (primary N) is 2. The molecule has 6 heteroatoms. The molecule has 0 saturated carbocycles. The van der Waals surface area contributed by atoms with E-state index >= 15 is 0 Å². The van der Waals surface area contributed by atoms with Crippen LogP contribution >= 0.6 is 12.2 Å². The molecule has 0 saturated heterocycles. The number of ether oxygens (including phenoxy) is 1. The van der Waals surface area contributed by atoms with E-state index in [1.165, 1.54) is 0 Å². The minimum atomic E-state index is -0.00837. The molecule has 2 aromatic carbocycles. The zero-order valence-electron chi connectivity index (χ0n) is 12.8. The molecule has 2 aromatic rings. The molecule has 3 rings (SSSR count). The molecule has 4 N–H and O–H groups in total. The Kier molecular flexibility index (Phi) is 4.16. The van der Waals surface area contributed by atoms with Gasteiger partial charge in [-0.15, -0.1) is 0 Å². The molecule has 23 heavy (non-hydrogen) atoms. The van der Waals surface area contributed by atoms with Crippen LogP contribution in [0.3, 0.4) is 0 Å². The lowest BCUT2D eigenvalue weighted by molar-refractivity contribution is 0.371. The standard InChI is InChI=1S/C17H18N4OS/c1-22-14-8-4-12(5-9-14)16-10-15(20-21(16)17(19)23)11-2-6-13(18)7-3-11/h2-9,16H,10,18H2,1H3,(H2,19,23)/t16-/m1/s1. The molecule has 1 aliphatic rings. The summed E-state index contributed by atoms with van der Waals surface area (Å²) in [4.78, 5) is 0. The van der Waals surface area contributed by atoms with Crippen LogP contribution in [0.25, 0.3) is 0 Å². The van der Waals surface area contributed by atoms with Crippen LogP contribution in [0.15, 0.2) is 53.6 Å². The van der Waals surface area contributed by atoms with Crippen LogP contribution in [0.4, 0.5) is 5.69 Å². The molecule has 1 heterocycles. The predicted molar refractivity (Wildman–Crippen MR) is 96.4 cm³/mol. The molecule has 0 fully saturated rings. The van der Waals surface area contributed by atoms with E-state index in [0.717, 1.165) is 34.7 Å². The van der Waals surface area contributed by atoms with Gasteiger partial charge in [-0.2, -0.15) is 5.10 Å². The molecule has 0 unspecified atom stereocenters. The minimum Gasteiger partial charge on any atom is -0.497 e. The average molecular weight is 326 g/mol. The summed E-state index contributed by atoms with van der Waals surface area (Å²) in [6.07, 6.45) is 0.730. The second kappa shape index (κ2) is 6.26. The molecular formula is C17H18N4OS. The highest BCUT2D eigenvalue weighted by Gasteiger charge is 2.30. The molecule has 0 bridgehead atoms. The first-order valence-corrected chi connectivity index (χ1v) is 7.65. The fourth-order valence-electron chi connectivity index (χ4n) is 2.65. The van der Waals surface area contributed by atoms with Gasteiger partial charge in [-0.1, -0.05) is 24.3 Å². The van der Waals surface area contributed by atoms with Crippen molar-refractivity contribution in [3.8, 4) is 5.75 Å². The first-order valence-electron chi connectivity index (χ1n) is 7.24. The number of nitrogen functional groups attached to an aromatic ring is 1. The van der Waals surface area contributed by atoms with Crippen molar-refractivity contribution in [3.63, 3.8) is 0 Å². The quantitative estimate of drug-likeness (QED) is 0.670. The van der Waals surface area contributed by atoms with Gasteiger partial charge in [0.2, 0.25) is 0 Å². The summed E-state index contributed by atoms with van der Waals surface area (Å²) < 4.78 is 5.20. The van der Waals surface area contributed by atoms with Gasteiger partial charge >= 0.3 is 0 Å². The minimum absolute atomic E-state index is 0.00837. The molecule has 0 radical (unpaired) electrons. The van der Waals surface area contributed by atoms with Crippen LogP contribution in [0.2, 0.25) is 0 Å². The van der Waals surface area contributed by atoms with E-state index in [1.807, 2.05) is 48.5 Å². The molecule has 0 aromatic heterocycles. The Bertz CT molecular complexity index is 740. The topological polar surface area (TPSA) is 76.9 Å². The Hall–Kier alpha value is -2.60. The Labute approximate surface area is 140 Å². The highest BCUT2D eigenvalue weighted by atomic mass is 32.1. The SMILES string of the molecule is COc1ccc([C@H]2CC(c3ccc(N)cc3)=NN2C(N)=S)cc1. The first-order chi connectivity index (χ1) is 11.1.